The molecule has 3 aromatic rings. The van der Waals surface area contributed by atoms with Crippen LogP contribution in [0.1, 0.15) is 19.8 Å². The van der Waals surface area contributed by atoms with Gasteiger partial charge >= 0.3 is 12.1 Å². The van der Waals surface area contributed by atoms with Crippen LogP contribution in [0.3, 0.4) is 0 Å². The van der Waals surface area contributed by atoms with Gasteiger partial charge in [-0.05, 0) is 25.5 Å². The normalized spacial score (nSPS) is 23.4. The lowest BCUT2D eigenvalue weighted by atomic mass is 10.1. The fraction of sp³-hybridized carbons (Fsp3) is 0.333. The number of benzene rings is 2. The Bertz CT molecular complexity index is 1460. The van der Waals surface area contributed by atoms with Crippen LogP contribution in [0, 0.1) is 5.92 Å². The van der Waals surface area contributed by atoms with Gasteiger partial charge in [0.05, 0.1) is 31.5 Å². The Morgan fingerprint density at radius 1 is 1.20 bits per heavy atom. The van der Waals surface area contributed by atoms with Crippen LogP contribution in [-0.4, -0.2) is 70.9 Å². The van der Waals surface area contributed by atoms with Crippen molar-refractivity contribution in [2.75, 3.05) is 20.3 Å². The highest BCUT2D eigenvalue weighted by Gasteiger charge is 2.62. The standard InChI is InChI=1S/C30H31N3O7/c1-4-19-16-30(19,28(35)39-5-2)32-27(34)25-14-21(17-33(25)29(36)37)40-26-15-23(18-9-7-6-8-10-18)31-24-13-20(38-3)11-12-22(24)26/h4,6-13,15,19,21,25H,1,5,14,16-17H2,2-3H3,(H,32,34)(H,36,37)/t19-,21-,25+,30-/m1/s1. The Morgan fingerprint density at radius 2 is 1.98 bits per heavy atom. The molecule has 1 aliphatic heterocycles. The first kappa shape index (κ1) is 27.0. The molecule has 1 saturated carbocycles. The van der Waals surface area contributed by atoms with Gasteiger partial charge in [-0.2, -0.15) is 0 Å². The largest absolute Gasteiger partial charge is 0.497 e. The van der Waals surface area contributed by atoms with Gasteiger partial charge in [0.15, 0.2) is 0 Å². The lowest BCUT2D eigenvalue weighted by Gasteiger charge is -2.23. The average molecular weight is 546 g/mol. The van der Waals surface area contributed by atoms with Crippen molar-refractivity contribution >= 4 is 28.9 Å². The summed E-state index contributed by atoms with van der Waals surface area (Å²) >= 11 is 0. The lowest BCUT2D eigenvalue weighted by Crippen LogP contribution is -2.53. The second-order valence-electron chi connectivity index (χ2n) is 9.91. The van der Waals surface area contributed by atoms with Gasteiger partial charge in [-0.3, -0.25) is 9.69 Å². The van der Waals surface area contributed by atoms with Crippen molar-refractivity contribution in [3.63, 3.8) is 0 Å². The van der Waals surface area contributed by atoms with Crippen LogP contribution in [0.15, 0.2) is 67.3 Å². The van der Waals surface area contributed by atoms with Gasteiger partial charge in [0.2, 0.25) is 5.91 Å². The first-order valence-electron chi connectivity index (χ1n) is 13.1. The second kappa shape index (κ2) is 10.9. The molecule has 40 heavy (non-hydrogen) atoms. The highest BCUT2D eigenvalue weighted by atomic mass is 16.5. The molecule has 1 aromatic heterocycles. The molecule has 0 bridgehead atoms. The molecule has 2 N–H and O–H groups in total. The number of ether oxygens (including phenoxy) is 3. The van der Waals surface area contributed by atoms with Gasteiger partial charge in [-0.25, -0.2) is 14.6 Å². The van der Waals surface area contributed by atoms with Gasteiger partial charge in [0, 0.05) is 35.4 Å². The van der Waals surface area contributed by atoms with E-state index in [9.17, 15) is 19.5 Å². The Morgan fingerprint density at radius 3 is 2.62 bits per heavy atom. The third-order valence-electron chi connectivity index (χ3n) is 7.44. The van der Waals surface area contributed by atoms with Gasteiger partial charge < -0.3 is 24.6 Å². The number of nitrogens with zero attached hydrogens (tertiary/aromatic N) is 2. The van der Waals surface area contributed by atoms with Crippen molar-refractivity contribution in [2.24, 2.45) is 5.92 Å². The van der Waals surface area contributed by atoms with Crippen LogP contribution < -0.4 is 14.8 Å². The highest BCUT2D eigenvalue weighted by molar-refractivity contribution is 5.95. The van der Waals surface area contributed by atoms with E-state index in [-0.39, 0.29) is 25.5 Å². The number of likely N-dealkylation sites (tertiary alicyclic amines) is 1. The molecule has 0 spiro atoms. The minimum absolute atomic E-state index is 0.0225. The number of aromatic nitrogens is 1. The third kappa shape index (κ3) is 5.04. The predicted molar refractivity (Wildman–Crippen MR) is 147 cm³/mol. The van der Waals surface area contributed by atoms with E-state index in [1.165, 1.54) is 0 Å². The predicted octanol–water partition coefficient (Wildman–Crippen LogP) is 4.03. The number of rotatable bonds is 9. The number of fused-ring (bicyclic) bond motifs is 1. The fourth-order valence-corrected chi connectivity index (χ4v) is 5.24. The van der Waals surface area contributed by atoms with Crippen LogP contribution in [-0.2, 0) is 14.3 Å². The zero-order chi connectivity index (χ0) is 28.4. The minimum Gasteiger partial charge on any atom is -0.497 e. The van der Waals surface area contributed by atoms with E-state index in [1.54, 1.807) is 26.2 Å². The van der Waals surface area contributed by atoms with Crippen molar-refractivity contribution in [2.45, 2.75) is 37.5 Å². The summed E-state index contributed by atoms with van der Waals surface area (Å²) in [5.41, 5.74) is 1.000. The number of methoxy groups -OCH3 is 1. The van der Waals surface area contributed by atoms with Crippen LogP contribution in [0.5, 0.6) is 11.5 Å². The Kier molecular flexibility index (Phi) is 7.34. The van der Waals surface area contributed by atoms with Crippen LogP contribution in [0.25, 0.3) is 22.2 Å². The molecule has 10 nitrogen and oxygen atoms in total. The smallest absolute Gasteiger partial charge is 0.408 e. The van der Waals surface area contributed by atoms with Gasteiger partial charge in [-0.15, -0.1) is 6.58 Å². The van der Waals surface area contributed by atoms with E-state index < -0.39 is 35.7 Å². The Balaban J connectivity index is 1.42. The molecule has 2 amide bonds. The molecule has 0 unspecified atom stereocenters. The molecule has 2 aromatic carbocycles. The van der Waals surface area contributed by atoms with E-state index in [4.69, 9.17) is 19.2 Å². The highest BCUT2D eigenvalue weighted by Crippen LogP contribution is 2.45. The Hall–Kier alpha value is -4.60. The second-order valence-corrected chi connectivity index (χ2v) is 9.91. The molecule has 208 valence electrons. The first-order chi connectivity index (χ1) is 19.3. The van der Waals surface area contributed by atoms with Gasteiger partial charge in [0.1, 0.15) is 29.2 Å². The topological polar surface area (TPSA) is 127 Å². The number of carbonyl (C=O) groups is 3. The quantitative estimate of drug-likeness (QED) is 0.305. The van der Waals surface area contributed by atoms with E-state index in [1.807, 2.05) is 48.5 Å². The zero-order valence-electron chi connectivity index (χ0n) is 22.3. The maximum Gasteiger partial charge on any atom is 0.408 e. The summed E-state index contributed by atoms with van der Waals surface area (Å²) in [5, 5.41) is 13.4. The van der Waals surface area contributed by atoms with Crippen molar-refractivity contribution in [1.29, 1.82) is 0 Å². The van der Waals surface area contributed by atoms with Gasteiger partial charge in [-0.1, -0.05) is 36.4 Å². The summed E-state index contributed by atoms with van der Waals surface area (Å²) in [6, 6.07) is 15.8. The SMILES string of the molecule is C=C[C@@H]1C[C@]1(NC(=O)[C@@H]1C[C@@H](Oc2cc(-c3ccccc3)nc3cc(OC)ccc23)CN1C(=O)O)C(=O)OCC. The minimum atomic E-state index is -1.25. The van der Waals surface area contributed by atoms with E-state index in [2.05, 4.69) is 11.9 Å². The maximum atomic E-state index is 13.4. The summed E-state index contributed by atoms with van der Waals surface area (Å²) in [5.74, 6) is -0.244. The van der Waals surface area contributed by atoms with Crippen molar-refractivity contribution in [1.82, 2.24) is 15.2 Å². The number of carbonyl (C=O) groups excluding carboxylic acids is 2. The fourth-order valence-electron chi connectivity index (χ4n) is 5.24. The molecule has 1 aliphatic carbocycles. The maximum absolute atomic E-state index is 13.4. The first-order valence-corrected chi connectivity index (χ1v) is 13.1. The van der Waals surface area contributed by atoms with Crippen molar-refractivity contribution < 1.29 is 33.7 Å². The summed E-state index contributed by atoms with van der Waals surface area (Å²) in [6.45, 7) is 5.56. The Labute approximate surface area is 231 Å². The number of hydrogen-bond donors (Lipinski definition) is 2. The van der Waals surface area contributed by atoms with Crippen molar-refractivity contribution in [3.8, 4) is 22.8 Å². The molecule has 2 heterocycles. The average Bonchev–Trinajstić information content (AvgIpc) is 3.51. The molecule has 0 radical (unpaired) electrons. The number of esters is 1. The summed E-state index contributed by atoms with van der Waals surface area (Å²) in [4.78, 5) is 44.0. The summed E-state index contributed by atoms with van der Waals surface area (Å²) < 4.78 is 16.9. The van der Waals surface area contributed by atoms with E-state index >= 15 is 0 Å². The molecule has 2 fully saturated rings. The van der Waals surface area contributed by atoms with E-state index in [0.717, 1.165) is 15.8 Å². The molecular formula is C30H31N3O7. The molecule has 5 rings (SSSR count). The lowest BCUT2D eigenvalue weighted by molar-refractivity contribution is -0.149. The molecule has 1 saturated heterocycles. The number of nitrogens with one attached hydrogen (secondary N) is 1. The molecular weight excluding hydrogens is 514 g/mol. The number of carboxylic acid groups (broad SMARTS) is 1. The van der Waals surface area contributed by atoms with E-state index in [0.29, 0.717) is 29.1 Å². The van der Waals surface area contributed by atoms with Crippen LogP contribution in [0.2, 0.25) is 0 Å². The summed E-state index contributed by atoms with van der Waals surface area (Å²) in [6.07, 6.45) is 0.199. The number of pyridine rings is 1. The zero-order valence-corrected chi connectivity index (χ0v) is 22.3. The van der Waals surface area contributed by atoms with Crippen molar-refractivity contribution in [3.05, 3.63) is 67.3 Å². The summed E-state index contributed by atoms with van der Waals surface area (Å²) in [7, 11) is 1.58. The molecule has 4 atom stereocenters. The third-order valence-corrected chi connectivity index (χ3v) is 7.44. The van der Waals surface area contributed by atoms with Crippen LogP contribution >= 0.6 is 0 Å². The van der Waals surface area contributed by atoms with Crippen LogP contribution in [0.4, 0.5) is 4.79 Å². The molecule has 2 aliphatic rings. The monoisotopic (exact) mass is 545 g/mol. The number of amides is 2. The number of hydrogen-bond acceptors (Lipinski definition) is 7. The van der Waals surface area contributed by atoms with Gasteiger partial charge in [0.25, 0.3) is 0 Å². The molecule has 10 heteroatoms.